The van der Waals surface area contributed by atoms with Gasteiger partial charge in [-0.2, -0.15) is 0 Å². The van der Waals surface area contributed by atoms with Crippen LogP contribution in [0.5, 0.6) is 11.5 Å². The SMILES string of the molecule is COc1cc(CNC(C)c2ccccc2)ccc1OCC(=O)N1CCOCC1. The number of morpholine rings is 1. The lowest BCUT2D eigenvalue weighted by Crippen LogP contribution is -2.43. The number of benzene rings is 2. The highest BCUT2D eigenvalue weighted by Crippen LogP contribution is 2.28. The predicted octanol–water partition coefficient (Wildman–Crippen LogP) is 2.78. The number of hydrogen-bond donors (Lipinski definition) is 1. The largest absolute Gasteiger partial charge is 0.493 e. The van der Waals surface area contributed by atoms with Gasteiger partial charge < -0.3 is 24.4 Å². The summed E-state index contributed by atoms with van der Waals surface area (Å²) in [6, 6.07) is 16.4. The zero-order chi connectivity index (χ0) is 19.8. The number of carbonyl (C=O) groups excluding carboxylic acids is 1. The molecule has 0 radical (unpaired) electrons. The van der Waals surface area contributed by atoms with Gasteiger partial charge in [-0.15, -0.1) is 0 Å². The minimum atomic E-state index is -0.0345. The van der Waals surface area contributed by atoms with Crippen LogP contribution in [-0.4, -0.2) is 50.8 Å². The normalized spacial score (nSPS) is 15.1. The molecule has 1 fully saturated rings. The molecule has 1 N–H and O–H groups in total. The molecule has 1 saturated heterocycles. The van der Waals surface area contributed by atoms with Crippen LogP contribution in [0.15, 0.2) is 48.5 Å². The number of carbonyl (C=O) groups is 1. The molecule has 3 rings (SSSR count). The van der Waals surface area contributed by atoms with E-state index >= 15 is 0 Å². The van der Waals surface area contributed by atoms with Gasteiger partial charge in [-0.25, -0.2) is 0 Å². The molecule has 2 aromatic carbocycles. The first-order valence-electron chi connectivity index (χ1n) is 9.61. The van der Waals surface area contributed by atoms with Crippen molar-refractivity contribution in [3.05, 3.63) is 59.7 Å². The van der Waals surface area contributed by atoms with Crippen LogP contribution in [0.1, 0.15) is 24.1 Å². The molecule has 0 bridgehead atoms. The average molecular weight is 384 g/mol. The predicted molar refractivity (Wildman–Crippen MR) is 108 cm³/mol. The van der Waals surface area contributed by atoms with Gasteiger partial charge in [-0.3, -0.25) is 4.79 Å². The lowest BCUT2D eigenvalue weighted by atomic mass is 10.1. The van der Waals surface area contributed by atoms with Crippen molar-refractivity contribution in [2.45, 2.75) is 19.5 Å². The van der Waals surface area contributed by atoms with Gasteiger partial charge in [0.25, 0.3) is 5.91 Å². The van der Waals surface area contributed by atoms with Crippen LogP contribution in [-0.2, 0) is 16.1 Å². The third-order valence-electron chi connectivity index (χ3n) is 4.85. The molecular weight excluding hydrogens is 356 g/mol. The maximum Gasteiger partial charge on any atom is 0.260 e. The monoisotopic (exact) mass is 384 g/mol. The molecule has 1 amide bonds. The number of amides is 1. The van der Waals surface area contributed by atoms with Gasteiger partial charge in [-0.05, 0) is 30.2 Å². The highest BCUT2D eigenvalue weighted by atomic mass is 16.5. The van der Waals surface area contributed by atoms with E-state index < -0.39 is 0 Å². The van der Waals surface area contributed by atoms with Gasteiger partial charge in [0, 0.05) is 25.7 Å². The van der Waals surface area contributed by atoms with Gasteiger partial charge in [-0.1, -0.05) is 36.4 Å². The van der Waals surface area contributed by atoms with E-state index in [9.17, 15) is 4.79 Å². The van der Waals surface area contributed by atoms with Crippen molar-refractivity contribution in [3.63, 3.8) is 0 Å². The molecule has 1 heterocycles. The summed E-state index contributed by atoms with van der Waals surface area (Å²) in [5, 5.41) is 3.51. The summed E-state index contributed by atoms with van der Waals surface area (Å²) in [5.41, 5.74) is 2.34. The zero-order valence-electron chi connectivity index (χ0n) is 16.5. The Morgan fingerprint density at radius 3 is 2.61 bits per heavy atom. The van der Waals surface area contributed by atoms with Crippen LogP contribution >= 0.6 is 0 Å². The van der Waals surface area contributed by atoms with E-state index in [-0.39, 0.29) is 18.6 Å². The highest BCUT2D eigenvalue weighted by molar-refractivity contribution is 5.78. The topological polar surface area (TPSA) is 60.0 Å². The van der Waals surface area contributed by atoms with Crippen molar-refractivity contribution in [2.75, 3.05) is 40.0 Å². The Bertz CT molecular complexity index is 760. The van der Waals surface area contributed by atoms with E-state index in [4.69, 9.17) is 14.2 Å². The Labute approximate surface area is 166 Å². The summed E-state index contributed by atoms with van der Waals surface area (Å²) in [7, 11) is 1.61. The molecule has 1 aliphatic heterocycles. The van der Waals surface area contributed by atoms with Crippen LogP contribution in [0.2, 0.25) is 0 Å². The zero-order valence-corrected chi connectivity index (χ0v) is 16.5. The fraction of sp³-hybridized carbons (Fsp3) is 0.409. The smallest absolute Gasteiger partial charge is 0.260 e. The van der Waals surface area contributed by atoms with Crippen LogP contribution in [0.4, 0.5) is 0 Å². The van der Waals surface area contributed by atoms with E-state index in [0.29, 0.717) is 44.3 Å². The molecule has 1 atom stereocenters. The van der Waals surface area contributed by atoms with Crippen molar-refractivity contribution >= 4 is 5.91 Å². The average Bonchev–Trinajstić information content (AvgIpc) is 2.77. The van der Waals surface area contributed by atoms with Gasteiger partial charge >= 0.3 is 0 Å². The molecule has 6 heteroatoms. The first-order chi connectivity index (χ1) is 13.7. The van der Waals surface area contributed by atoms with Crippen molar-refractivity contribution in [1.82, 2.24) is 10.2 Å². The number of nitrogens with one attached hydrogen (secondary N) is 1. The quantitative estimate of drug-likeness (QED) is 0.758. The van der Waals surface area contributed by atoms with Crippen molar-refractivity contribution in [3.8, 4) is 11.5 Å². The van der Waals surface area contributed by atoms with Crippen LogP contribution in [0.25, 0.3) is 0 Å². The number of hydrogen-bond acceptors (Lipinski definition) is 5. The van der Waals surface area contributed by atoms with E-state index in [0.717, 1.165) is 5.56 Å². The van der Waals surface area contributed by atoms with Gasteiger partial charge in [0.1, 0.15) is 0 Å². The summed E-state index contributed by atoms with van der Waals surface area (Å²) in [6.07, 6.45) is 0. The summed E-state index contributed by atoms with van der Waals surface area (Å²) in [4.78, 5) is 14.0. The molecule has 1 aliphatic rings. The Balaban J connectivity index is 1.55. The summed E-state index contributed by atoms with van der Waals surface area (Å²) >= 11 is 0. The maximum atomic E-state index is 12.2. The summed E-state index contributed by atoms with van der Waals surface area (Å²) < 4.78 is 16.4. The van der Waals surface area contributed by atoms with Crippen molar-refractivity contribution < 1.29 is 19.0 Å². The lowest BCUT2D eigenvalue weighted by molar-refractivity contribution is -0.137. The fourth-order valence-electron chi connectivity index (χ4n) is 3.12. The second kappa shape index (κ2) is 10.1. The third-order valence-corrected chi connectivity index (χ3v) is 4.85. The summed E-state index contributed by atoms with van der Waals surface area (Å²) in [6.45, 7) is 5.24. The number of methoxy groups -OCH3 is 1. The molecule has 1 unspecified atom stereocenters. The van der Waals surface area contributed by atoms with E-state index in [2.05, 4.69) is 24.4 Å². The molecule has 0 spiro atoms. The molecule has 0 aromatic heterocycles. The van der Waals surface area contributed by atoms with Crippen LogP contribution < -0.4 is 14.8 Å². The fourth-order valence-corrected chi connectivity index (χ4v) is 3.12. The molecule has 150 valence electrons. The highest BCUT2D eigenvalue weighted by Gasteiger charge is 2.18. The Morgan fingerprint density at radius 2 is 1.89 bits per heavy atom. The molecule has 2 aromatic rings. The molecular formula is C22H28N2O4. The Morgan fingerprint density at radius 1 is 1.14 bits per heavy atom. The van der Waals surface area contributed by atoms with Crippen molar-refractivity contribution in [2.24, 2.45) is 0 Å². The second-order valence-corrected chi connectivity index (χ2v) is 6.78. The first-order valence-corrected chi connectivity index (χ1v) is 9.61. The molecule has 28 heavy (non-hydrogen) atoms. The second-order valence-electron chi connectivity index (χ2n) is 6.78. The van der Waals surface area contributed by atoms with Gasteiger partial charge in [0.05, 0.1) is 20.3 Å². The van der Waals surface area contributed by atoms with Gasteiger partial charge in [0.15, 0.2) is 18.1 Å². The Hall–Kier alpha value is -2.57. The summed E-state index contributed by atoms with van der Waals surface area (Å²) in [5.74, 6) is 1.16. The standard InChI is InChI=1S/C22H28N2O4/c1-17(19-6-4-3-5-7-19)23-15-18-8-9-20(21(14-18)26-2)28-16-22(25)24-10-12-27-13-11-24/h3-9,14,17,23H,10-13,15-16H2,1-2H3. The van der Waals surface area contributed by atoms with Crippen LogP contribution in [0.3, 0.4) is 0 Å². The number of ether oxygens (including phenoxy) is 3. The van der Waals surface area contributed by atoms with Gasteiger partial charge in [0.2, 0.25) is 0 Å². The Kier molecular flexibility index (Phi) is 7.28. The minimum Gasteiger partial charge on any atom is -0.493 e. The lowest BCUT2D eigenvalue weighted by Gasteiger charge is -2.26. The van der Waals surface area contributed by atoms with Crippen molar-refractivity contribution in [1.29, 1.82) is 0 Å². The maximum absolute atomic E-state index is 12.2. The molecule has 6 nitrogen and oxygen atoms in total. The number of rotatable bonds is 8. The molecule has 0 aliphatic carbocycles. The van der Waals surface area contributed by atoms with E-state index in [1.807, 2.05) is 36.4 Å². The molecule has 0 saturated carbocycles. The first kappa shape index (κ1) is 20.2. The number of nitrogens with zero attached hydrogens (tertiary/aromatic N) is 1. The van der Waals surface area contributed by atoms with Crippen LogP contribution in [0, 0.1) is 0 Å². The van der Waals surface area contributed by atoms with E-state index in [1.54, 1.807) is 12.0 Å². The minimum absolute atomic E-state index is 0.000994. The third kappa shape index (κ3) is 5.47. The van der Waals surface area contributed by atoms with E-state index in [1.165, 1.54) is 5.56 Å².